The number of pyridine rings is 1. The minimum atomic E-state index is 0.390. The van der Waals surface area contributed by atoms with Gasteiger partial charge in [-0.2, -0.15) is 0 Å². The first kappa shape index (κ1) is 14.2. The predicted octanol–water partition coefficient (Wildman–Crippen LogP) is 2.34. The van der Waals surface area contributed by atoms with Crippen molar-refractivity contribution in [3.8, 4) is 0 Å². The molecule has 5 heteroatoms. The predicted molar refractivity (Wildman–Crippen MR) is 87.8 cm³/mol. The normalized spacial score (nSPS) is 23.4. The number of nitrogens with zero attached hydrogens (tertiary/aromatic N) is 4. The highest BCUT2D eigenvalue weighted by Crippen LogP contribution is 2.25. The zero-order valence-electron chi connectivity index (χ0n) is 13.2. The van der Waals surface area contributed by atoms with Crippen molar-refractivity contribution in [3.05, 3.63) is 24.2 Å². The van der Waals surface area contributed by atoms with Gasteiger partial charge in [0.1, 0.15) is 11.3 Å². The molecule has 2 fully saturated rings. The highest BCUT2D eigenvalue weighted by molar-refractivity contribution is 5.71. The molecule has 0 bridgehead atoms. The molecule has 2 aromatic rings. The molecule has 0 saturated carbocycles. The third-order valence-electron chi connectivity index (χ3n) is 4.99. The van der Waals surface area contributed by atoms with Crippen LogP contribution in [0.15, 0.2) is 18.3 Å². The number of piperidine rings is 1. The molecule has 2 aliphatic rings. The van der Waals surface area contributed by atoms with E-state index in [4.69, 9.17) is 4.98 Å². The smallest absolute Gasteiger partial charge is 0.160 e. The number of hydrogen-bond acceptors (Lipinski definition) is 4. The Morgan fingerprint density at radius 3 is 2.86 bits per heavy atom. The second-order valence-electron chi connectivity index (χ2n) is 6.52. The van der Waals surface area contributed by atoms with Crippen LogP contribution in [0.5, 0.6) is 0 Å². The van der Waals surface area contributed by atoms with E-state index in [1.54, 1.807) is 0 Å². The highest BCUT2D eigenvalue weighted by Gasteiger charge is 2.23. The van der Waals surface area contributed by atoms with Crippen LogP contribution in [0.4, 0.5) is 0 Å². The fraction of sp³-hybridized carbons (Fsp3) is 0.647. The van der Waals surface area contributed by atoms with Gasteiger partial charge in [-0.3, -0.25) is 0 Å². The van der Waals surface area contributed by atoms with Gasteiger partial charge in [0.25, 0.3) is 0 Å². The van der Waals surface area contributed by atoms with Gasteiger partial charge >= 0.3 is 0 Å². The maximum atomic E-state index is 4.90. The second kappa shape index (κ2) is 6.34. The van der Waals surface area contributed by atoms with Gasteiger partial charge in [0.15, 0.2) is 5.65 Å². The van der Waals surface area contributed by atoms with Crippen LogP contribution >= 0.6 is 0 Å². The number of nitrogens with one attached hydrogen (secondary N) is 1. The first-order valence-electron chi connectivity index (χ1n) is 8.69. The summed E-state index contributed by atoms with van der Waals surface area (Å²) in [5.41, 5.74) is 2.08. The Morgan fingerprint density at radius 1 is 1.14 bits per heavy atom. The molecule has 0 amide bonds. The number of aromatic nitrogens is 3. The van der Waals surface area contributed by atoms with Crippen LogP contribution in [-0.4, -0.2) is 45.6 Å². The molecule has 0 aromatic carbocycles. The quantitative estimate of drug-likeness (QED) is 0.941. The zero-order valence-corrected chi connectivity index (χ0v) is 13.2. The molecule has 1 N–H and O–H groups in total. The van der Waals surface area contributed by atoms with Crippen LogP contribution in [0.25, 0.3) is 11.2 Å². The van der Waals surface area contributed by atoms with Crippen molar-refractivity contribution in [3.63, 3.8) is 0 Å². The lowest BCUT2D eigenvalue weighted by Gasteiger charge is -2.24. The fourth-order valence-corrected chi connectivity index (χ4v) is 3.78. The number of hydrogen-bond donors (Lipinski definition) is 1. The summed E-state index contributed by atoms with van der Waals surface area (Å²) in [4.78, 5) is 12.1. The van der Waals surface area contributed by atoms with E-state index < -0.39 is 0 Å². The Bertz CT molecular complexity index is 623. The molecule has 0 aliphatic carbocycles. The number of likely N-dealkylation sites (tertiary alicyclic amines) is 1. The molecule has 0 spiro atoms. The van der Waals surface area contributed by atoms with Crippen molar-refractivity contribution in [1.82, 2.24) is 24.8 Å². The Balaban J connectivity index is 1.63. The fourth-order valence-electron chi connectivity index (χ4n) is 3.78. The summed E-state index contributed by atoms with van der Waals surface area (Å²) < 4.78 is 2.36. The van der Waals surface area contributed by atoms with Crippen LogP contribution in [0.3, 0.4) is 0 Å². The summed E-state index contributed by atoms with van der Waals surface area (Å²) in [7, 11) is 0. The first-order chi connectivity index (χ1) is 10.9. The minimum absolute atomic E-state index is 0.390. The van der Waals surface area contributed by atoms with Gasteiger partial charge in [-0.15, -0.1) is 0 Å². The summed E-state index contributed by atoms with van der Waals surface area (Å²) in [6.07, 6.45) is 8.34. The minimum Gasteiger partial charge on any atom is -0.310 e. The summed E-state index contributed by atoms with van der Waals surface area (Å²) in [5, 5.41) is 3.64. The van der Waals surface area contributed by atoms with Crippen LogP contribution in [0, 0.1) is 0 Å². The maximum Gasteiger partial charge on any atom is 0.160 e. The van der Waals surface area contributed by atoms with E-state index in [-0.39, 0.29) is 0 Å². The van der Waals surface area contributed by atoms with Gasteiger partial charge in [0.05, 0.1) is 6.04 Å². The van der Waals surface area contributed by atoms with Crippen molar-refractivity contribution >= 4 is 11.2 Å². The van der Waals surface area contributed by atoms with Crippen molar-refractivity contribution in [2.24, 2.45) is 0 Å². The molecule has 1 atom stereocenters. The molecule has 118 valence electrons. The van der Waals surface area contributed by atoms with Gasteiger partial charge in [0.2, 0.25) is 0 Å². The van der Waals surface area contributed by atoms with E-state index in [1.807, 2.05) is 12.3 Å². The van der Waals surface area contributed by atoms with Crippen molar-refractivity contribution in [2.75, 3.05) is 26.2 Å². The maximum absolute atomic E-state index is 4.90. The van der Waals surface area contributed by atoms with Gasteiger partial charge in [0, 0.05) is 19.3 Å². The van der Waals surface area contributed by atoms with E-state index in [0.717, 1.165) is 30.8 Å². The van der Waals surface area contributed by atoms with Crippen molar-refractivity contribution < 1.29 is 0 Å². The lowest BCUT2D eigenvalue weighted by Crippen LogP contribution is -2.31. The van der Waals surface area contributed by atoms with Crippen LogP contribution in [-0.2, 0) is 6.54 Å². The van der Waals surface area contributed by atoms with E-state index in [1.165, 1.54) is 51.0 Å². The first-order valence-corrected chi connectivity index (χ1v) is 8.69. The van der Waals surface area contributed by atoms with Gasteiger partial charge < -0.3 is 14.8 Å². The monoisotopic (exact) mass is 299 g/mol. The molecule has 4 rings (SSSR count). The van der Waals surface area contributed by atoms with Gasteiger partial charge in [-0.1, -0.05) is 6.42 Å². The largest absolute Gasteiger partial charge is 0.310 e. The molecule has 5 nitrogen and oxygen atoms in total. The standard InChI is InChI=1S/C17H25N5/c1-2-8-18-14(6-1)17-20-15-7-5-9-19-16(15)22(17)13-12-21-10-3-4-11-21/h5,7,9,14,18H,1-4,6,8,10-13H2. The summed E-state index contributed by atoms with van der Waals surface area (Å²) in [6.45, 7) is 5.71. The highest BCUT2D eigenvalue weighted by atomic mass is 15.2. The summed E-state index contributed by atoms with van der Waals surface area (Å²) in [5.74, 6) is 1.19. The van der Waals surface area contributed by atoms with Crippen LogP contribution < -0.4 is 5.32 Å². The SMILES string of the molecule is c1cnc2c(c1)nc(C1CCCCN1)n2CCN1CCCC1. The topological polar surface area (TPSA) is 46.0 Å². The van der Waals surface area contributed by atoms with E-state index in [2.05, 4.69) is 25.8 Å². The Kier molecular flexibility index (Phi) is 4.08. The van der Waals surface area contributed by atoms with Crippen molar-refractivity contribution in [1.29, 1.82) is 0 Å². The molecule has 1 unspecified atom stereocenters. The van der Waals surface area contributed by atoms with Gasteiger partial charge in [-0.25, -0.2) is 9.97 Å². The Labute approximate surface area is 131 Å². The van der Waals surface area contributed by atoms with E-state index in [0.29, 0.717) is 6.04 Å². The van der Waals surface area contributed by atoms with E-state index >= 15 is 0 Å². The Hall–Kier alpha value is -1.46. The molecular weight excluding hydrogens is 274 g/mol. The average Bonchev–Trinajstić information content (AvgIpc) is 3.21. The molecule has 4 heterocycles. The third kappa shape index (κ3) is 2.75. The number of rotatable bonds is 4. The average molecular weight is 299 g/mol. The molecule has 0 radical (unpaired) electrons. The van der Waals surface area contributed by atoms with Crippen LogP contribution in [0.2, 0.25) is 0 Å². The number of imidazole rings is 1. The second-order valence-corrected chi connectivity index (χ2v) is 6.52. The molecule has 22 heavy (non-hydrogen) atoms. The third-order valence-corrected chi connectivity index (χ3v) is 4.99. The molecule has 2 aromatic heterocycles. The summed E-state index contributed by atoms with van der Waals surface area (Å²) in [6, 6.07) is 4.46. The number of fused-ring (bicyclic) bond motifs is 1. The van der Waals surface area contributed by atoms with E-state index in [9.17, 15) is 0 Å². The lowest BCUT2D eigenvalue weighted by atomic mass is 10.0. The zero-order chi connectivity index (χ0) is 14.8. The van der Waals surface area contributed by atoms with Gasteiger partial charge in [-0.05, 0) is 57.5 Å². The summed E-state index contributed by atoms with van der Waals surface area (Å²) >= 11 is 0. The van der Waals surface area contributed by atoms with Crippen LogP contribution in [0.1, 0.15) is 44.0 Å². The van der Waals surface area contributed by atoms with Crippen molar-refractivity contribution in [2.45, 2.75) is 44.7 Å². The molecular formula is C17H25N5. The lowest BCUT2D eigenvalue weighted by molar-refractivity contribution is 0.315. The Morgan fingerprint density at radius 2 is 2.05 bits per heavy atom. The molecule has 2 saturated heterocycles. The molecule has 2 aliphatic heterocycles.